The van der Waals surface area contributed by atoms with Crippen molar-refractivity contribution in [2.24, 2.45) is 11.3 Å². The van der Waals surface area contributed by atoms with E-state index >= 15 is 0 Å². The Kier molecular flexibility index (Phi) is 3.08. The number of hydrogen-bond donors (Lipinski definition) is 0. The van der Waals surface area contributed by atoms with Gasteiger partial charge in [-0.1, -0.05) is 27.7 Å². The van der Waals surface area contributed by atoms with Crippen LogP contribution >= 0.6 is 8.69 Å². The molecular weight excluding hydrogens is 178 g/mol. The molecule has 2 atom stereocenters. The van der Waals surface area contributed by atoms with E-state index in [-0.39, 0.29) is 11.5 Å². The zero-order valence-electron chi connectivity index (χ0n) is 8.00. The predicted molar refractivity (Wildman–Crippen MR) is 47.5 cm³/mol. The van der Waals surface area contributed by atoms with Crippen molar-refractivity contribution in [3.8, 4) is 0 Å². The molecular formula is C8H16FO2P. The molecule has 1 aliphatic heterocycles. The molecule has 0 aliphatic carbocycles. The van der Waals surface area contributed by atoms with Crippen molar-refractivity contribution < 1.29 is 13.2 Å². The first-order valence-corrected chi connectivity index (χ1v) is 5.26. The van der Waals surface area contributed by atoms with Crippen LogP contribution in [0.2, 0.25) is 0 Å². The monoisotopic (exact) mass is 194 g/mol. The molecule has 0 N–H and O–H groups in total. The fourth-order valence-electron chi connectivity index (χ4n) is 1.59. The van der Waals surface area contributed by atoms with Crippen molar-refractivity contribution in [1.29, 1.82) is 0 Å². The summed E-state index contributed by atoms with van der Waals surface area (Å²) in [5, 5.41) is 0. The van der Waals surface area contributed by atoms with Gasteiger partial charge in [0.25, 0.3) is 0 Å². The highest BCUT2D eigenvalue weighted by molar-refractivity contribution is 7.41. The maximum Gasteiger partial charge on any atom is 0.375 e. The zero-order valence-corrected chi connectivity index (χ0v) is 8.90. The topological polar surface area (TPSA) is 18.5 Å². The molecule has 0 radical (unpaired) electrons. The van der Waals surface area contributed by atoms with Gasteiger partial charge in [-0.15, -0.1) is 0 Å². The van der Waals surface area contributed by atoms with Crippen molar-refractivity contribution in [2.75, 3.05) is 6.61 Å². The van der Waals surface area contributed by atoms with Gasteiger partial charge in [-0.2, -0.15) is 4.20 Å². The Balaban J connectivity index is 2.65. The molecule has 0 amide bonds. The highest BCUT2D eigenvalue weighted by Crippen LogP contribution is 2.51. The van der Waals surface area contributed by atoms with E-state index in [1.54, 1.807) is 0 Å². The van der Waals surface area contributed by atoms with E-state index in [1.807, 2.05) is 27.7 Å². The molecule has 1 saturated heterocycles. The third kappa shape index (κ3) is 2.15. The Hall–Kier alpha value is 0.280. The molecule has 1 fully saturated rings. The van der Waals surface area contributed by atoms with E-state index in [1.165, 1.54) is 0 Å². The summed E-state index contributed by atoms with van der Waals surface area (Å²) in [6.07, 6.45) is -0.0256. The molecule has 1 aliphatic rings. The molecule has 72 valence electrons. The van der Waals surface area contributed by atoms with E-state index < -0.39 is 8.69 Å². The summed E-state index contributed by atoms with van der Waals surface area (Å²) in [6, 6.07) is 0. The van der Waals surface area contributed by atoms with Gasteiger partial charge in [-0.3, -0.25) is 0 Å². The molecule has 1 rings (SSSR count). The Morgan fingerprint density at radius 3 is 2.50 bits per heavy atom. The second-order valence-electron chi connectivity index (χ2n) is 4.24. The van der Waals surface area contributed by atoms with Gasteiger partial charge in [-0.25, -0.2) is 0 Å². The lowest BCUT2D eigenvalue weighted by atomic mass is 9.81. The van der Waals surface area contributed by atoms with Crippen molar-refractivity contribution >= 4 is 8.69 Å². The first-order valence-electron chi connectivity index (χ1n) is 4.19. The average Bonchev–Trinajstić information content (AvgIpc) is 1.94. The van der Waals surface area contributed by atoms with Gasteiger partial charge < -0.3 is 9.05 Å². The summed E-state index contributed by atoms with van der Waals surface area (Å²) in [4.78, 5) is 0. The fraction of sp³-hybridized carbons (Fsp3) is 1.00. The summed E-state index contributed by atoms with van der Waals surface area (Å²) < 4.78 is 22.7. The van der Waals surface area contributed by atoms with Crippen molar-refractivity contribution in [2.45, 2.75) is 33.8 Å². The minimum atomic E-state index is -2.12. The minimum absolute atomic E-state index is 0.0256. The van der Waals surface area contributed by atoms with Crippen LogP contribution in [0.5, 0.6) is 0 Å². The van der Waals surface area contributed by atoms with Gasteiger partial charge in [0.05, 0.1) is 12.7 Å². The molecule has 2 nitrogen and oxygen atoms in total. The third-order valence-electron chi connectivity index (χ3n) is 2.11. The normalized spacial score (nSPS) is 35.5. The van der Waals surface area contributed by atoms with Crippen LogP contribution in [0.15, 0.2) is 0 Å². The largest absolute Gasteiger partial charge is 0.375 e. The number of rotatable bonds is 1. The lowest BCUT2D eigenvalue weighted by Crippen LogP contribution is -2.41. The molecule has 0 aromatic heterocycles. The lowest BCUT2D eigenvalue weighted by molar-refractivity contribution is -0.0425. The summed E-state index contributed by atoms with van der Waals surface area (Å²) in [5.74, 6) is 0.338. The average molecular weight is 194 g/mol. The standard InChI is InChI=1S/C8H16FO2P/c1-6(2)7-8(3,4)5-10-12(9)11-7/h6-7H,5H2,1-4H3. The maximum atomic E-state index is 12.8. The highest BCUT2D eigenvalue weighted by atomic mass is 31.2. The molecule has 0 aromatic carbocycles. The van der Waals surface area contributed by atoms with Crippen LogP contribution in [0.25, 0.3) is 0 Å². The van der Waals surface area contributed by atoms with E-state index in [0.29, 0.717) is 12.5 Å². The molecule has 12 heavy (non-hydrogen) atoms. The smallest absolute Gasteiger partial charge is 0.308 e. The van der Waals surface area contributed by atoms with Gasteiger partial charge >= 0.3 is 8.69 Å². The lowest BCUT2D eigenvalue weighted by Gasteiger charge is -2.40. The summed E-state index contributed by atoms with van der Waals surface area (Å²) >= 11 is 0. The predicted octanol–water partition coefficient (Wildman–Crippen LogP) is 3.28. The van der Waals surface area contributed by atoms with Crippen molar-refractivity contribution in [3.05, 3.63) is 0 Å². The van der Waals surface area contributed by atoms with E-state index in [2.05, 4.69) is 0 Å². The fourth-order valence-corrected chi connectivity index (χ4v) is 2.79. The van der Waals surface area contributed by atoms with Crippen molar-refractivity contribution in [3.63, 3.8) is 0 Å². The summed E-state index contributed by atoms with van der Waals surface area (Å²) in [7, 11) is -2.12. The molecule has 4 heteroatoms. The Bertz CT molecular complexity index is 161. The highest BCUT2D eigenvalue weighted by Gasteiger charge is 2.40. The van der Waals surface area contributed by atoms with Gasteiger partial charge in [0.1, 0.15) is 0 Å². The van der Waals surface area contributed by atoms with Crippen LogP contribution in [-0.4, -0.2) is 12.7 Å². The van der Waals surface area contributed by atoms with E-state index in [9.17, 15) is 4.20 Å². The van der Waals surface area contributed by atoms with Crippen LogP contribution in [-0.2, 0) is 9.05 Å². The maximum absolute atomic E-state index is 12.8. The molecule has 0 aromatic rings. The third-order valence-corrected chi connectivity index (χ3v) is 2.84. The molecule has 0 spiro atoms. The molecule has 0 bridgehead atoms. The first-order chi connectivity index (χ1) is 5.43. The van der Waals surface area contributed by atoms with Crippen LogP contribution in [0, 0.1) is 11.3 Å². The Morgan fingerprint density at radius 2 is 2.08 bits per heavy atom. The van der Waals surface area contributed by atoms with Gasteiger partial charge in [0, 0.05) is 5.41 Å². The Morgan fingerprint density at radius 1 is 1.50 bits per heavy atom. The SMILES string of the molecule is CC(C)C1OP(F)OCC1(C)C. The number of halogens is 1. The van der Waals surface area contributed by atoms with E-state index in [0.717, 1.165) is 0 Å². The second-order valence-corrected chi connectivity index (χ2v) is 5.14. The summed E-state index contributed by atoms with van der Waals surface area (Å²) in [5.41, 5.74) is -0.0703. The van der Waals surface area contributed by atoms with Crippen LogP contribution < -0.4 is 0 Å². The zero-order chi connectivity index (χ0) is 9.35. The first kappa shape index (κ1) is 10.4. The number of hydrogen-bond acceptors (Lipinski definition) is 2. The van der Waals surface area contributed by atoms with Crippen LogP contribution in [0.3, 0.4) is 0 Å². The molecule has 1 heterocycles. The second kappa shape index (κ2) is 3.57. The van der Waals surface area contributed by atoms with Crippen molar-refractivity contribution in [1.82, 2.24) is 0 Å². The molecule has 0 saturated carbocycles. The minimum Gasteiger partial charge on any atom is -0.308 e. The van der Waals surface area contributed by atoms with Gasteiger partial charge in [-0.05, 0) is 5.92 Å². The molecule has 2 unspecified atom stereocenters. The Labute approximate surface area is 74.5 Å². The summed E-state index contributed by atoms with van der Waals surface area (Å²) in [6.45, 7) is 8.62. The van der Waals surface area contributed by atoms with E-state index in [4.69, 9.17) is 9.05 Å². The van der Waals surface area contributed by atoms with Gasteiger partial charge in [0.2, 0.25) is 0 Å². The van der Waals surface area contributed by atoms with Crippen LogP contribution in [0.4, 0.5) is 4.20 Å². The van der Waals surface area contributed by atoms with Crippen LogP contribution in [0.1, 0.15) is 27.7 Å². The van der Waals surface area contributed by atoms with Gasteiger partial charge in [0.15, 0.2) is 0 Å². The quantitative estimate of drug-likeness (QED) is 0.596.